The molecule has 19 heavy (non-hydrogen) atoms. The SMILES string of the molecule is CSCC[C@@H]1NC(=S)N(Cc2ccccc2F)C1=O. The highest BCUT2D eigenvalue weighted by atomic mass is 32.2. The Kier molecular flexibility index (Phi) is 4.76. The number of hydrogen-bond donors (Lipinski definition) is 1. The maximum Gasteiger partial charge on any atom is 0.251 e. The van der Waals surface area contributed by atoms with Crippen molar-refractivity contribution in [1.29, 1.82) is 0 Å². The van der Waals surface area contributed by atoms with Crippen LogP contribution in [0, 0.1) is 5.82 Å². The first-order valence-corrected chi connectivity index (χ1v) is 7.78. The highest BCUT2D eigenvalue weighted by Crippen LogP contribution is 2.17. The van der Waals surface area contributed by atoms with Gasteiger partial charge in [-0.25, -0.2) is 4.39 Å². The van der Waals surface area contributed by atoms with Gasteiger partial charge in [0, 0.05) is 5.56 Å². The molecule has 1 aliphatic heterocycles. The Bertz CT molecular complexity index is 495. The molecule has 0 bridgehead atoms. The van der Waals surface area contributed by atoms with Gasteiger partial charge in [-0.15, -0.1) is 0 Å². The summed E-state index contributed by atoms with van der Waals surface area (Å²) in [6.07, 6.45) is 2.72. The summed E-state index contributed by atoms with van der Waals surface area (Å²) in [4.78, 5) is 13.6. The highest BCUT2D eigenvalue weighted by Gasteiger charge is 2.35. The van der Waals surface area contributed by atoms with Crippen molar-refractivity contribution >= 4 is 35.0 Å². The molecule has 1 fully saturated rings. The standard InChI is InChI=1S/C13H15FN2OS2/c1-19-7-6-11-12(17)16(13(18)15-11)8-9-4-2-3-5-10(9)14/h2-5,11H,6-8H2,1H3,(H,15,18)/t11-/m0/s1. The van der Waals surface area contributed by atoms with E-state index < -0.39 is 0 Å². The smallest absolute Gasteiger partial charge is 0.251 e. The molecule has 0 radical (unpaired) electrons. The van der Waals surface area contributed by atoms with Crippen LogP contribution in [0.3, 0.4) is 0 Å². The molecule has 0 aliphatic carbocycles. The number of thioether (sulfide) groups is 1. The van der Waals surface area contributed by atoms with Gasteiger partial charge in [-0.1, -0.05) is 18.2 Å². The normalized spacial score (nSPS) is 18.8. The summed E-state index contributed by atoms with van der Waals surface area (Å²) in [6.45, 7) is 0.188. The number of hydrogen-bond acceptors (Lipinski definition) is 3. The second-order valence-electron chi connectivity index (χ2n) is 4.30. The van der Waals surface area contributed by atoms with Gasteiger partial charge in [0.2, 0.25) is 0 Å². The van der Waals surface area contributed by atoms with E-state index in [1.54, 1.807) is 30.0 Å². The topological polar surface area (TPSA) is 32.3 Å². The Hall–Kier alpha value is -1.14. The van der Waals surface area contributed by atoms with Gasteiger partial charge in [0.1, 0.15) is 11.9 Å². The van der Waals surface area contributed by atoms with Crippen LogP contribution in [-0.4, -0.2) is 34.0 Å². The summed E-state index contributed by atoms with van der Waals surface area (Å²) in [5, 5.41) is 3.39. The zero-order valence-corrected chi connectivity index (χ0v) is 12.2. The fourth-order valence-corrected chi connectivity index (χ4v) is 2.72. The molecule has 102 valence electrons. The summed E-state index contributed by atoms with van der Waals surface area (Å²) in [6, 6.07) is 6.16. The molecular weight excluding hydrogens is 283 g/mol. The maximum atomic E-state index is 13.6. The molecule has 6 heteroatoms. The molecule has 0 saturated carbocycles. The number of nitrogens with one attached hydrogen (secondary N) is 1. The fourth-order valence-electron chi connectivity index (χ4n) is 1.95. The summed E-state index contributed by atoms with van der Waals surface area (Å²) < 4.78 is 13.6. The van der Waals surface area contributed by atoms with E-state index in [0.717, 1.165) is 12.2 Å². The lowest BCUT2D eigenvalue weighted by Gasteiger charge is -2.15. The van der Waals surface area contributed by atoms with Crippen molar-refractivity contribution in [3.05, 3.63) is 35.6 Å². The van der Waals surface area contributed by atoms with Crippen LogP contribution in [0.15, 0.2) is 24.3 Å². The predicted octanol–water partition coefficient (Wildman–Crippen LogP) is 2.16. The van der Waals surface area contributed by atoms with Crippen molar-refractivity contribution in [1.82, 2.24) is 10.2 Å². The lowest BCUT2D eigenvalue weighted by atomic mass is 10.2. The first-order valence-electron chi connectivity index (χ1n) is 5.97. The molecule has 1 aromatic rings. The monoisotopic (exact) mass is 298 g/mol. The minimum atomic E-state index is -0.314. The van der Waals surface area contributed by atoms with Crippen molar-refractivity contribution in [2.45, 2.75) is 19.0 Å². The van der Waals surface area contributed by atoms with Gasteiger partial charge in [0.25, 0.3) is 5.91 Å². The molecule has 1 aliphatic rings. The Morgan fingerprint density at radius 3 is 2.89 bits per heavy atom. The molecule has 0 aromatic heterocycles. The molecular formula is C13H15FN2OS2. The summed E-state index contributed by atoms with van der Waals surface area (Å²) >= 11 is 6.84. The van der Waals surface area contributed by atoms with E-state index in [1.165, 1.54) is 11.0 Å². The van der Waals surface area contributed by atoms with Crippen molar-refractivity contribution < 1.29 is 9.18 Å². The van der Waals surface area contributed by atoms with Gasteiger partial charge >= 0.3 is 0 Å². The molecule has 1 saturated heterocycles. The van der Waals surface area contributed by atoms with E-state index in [4.69, 9.17) is 12.2 Å². The second kappa shape index (κ2) is 6.34. The minimum Gasteiger partial charge on any atom is -0.350 e. The van der Waals surface area contributed by atoms with E-state index in [9.17, 15) is 9.18 Å². The summed E-state index contributed by atoms with van der Waals surface area (Å²) in [5.41, 5.74) is 0.477. The molecule has 1 N–H and O–H groups in total. The Morgan fingerprint density at radius 2 is 2.21 bits per heavy atom. The first-order chi connectivity index (χ1) is 9.13. The van der Waals surface area contributed by atoms with Gasteiger partial charge in [-0.2, -0.15) is 11.8 Å². The van der Waals surface area contributed by atoms with Crippen LogP contribution in [-0.2, 0) is 11.3 Å². The maximum absolute atomic E-state index is 13.6. The van der Waals surface area contributed by atoms with Gasteiger partial charge in [-0.05, 0) is 36.7 Å². The average molecular weight is 298 g/mol. The van der Waals surface area contributed by atoms with Crippen molar-refractivity contribution in [2.24, 2.45) is 0 Å². The zero-order chi connectivity index (χ0) is 13.8. The Labute approximate surface area is 121 Å². The van der Waals surface area contributed by atoms with E-state index >= 15 is 0 Å². The third kappa shape index (κ3) is 3.25. The molecule has 1 heterocycles. The van der Waals surface area contributed by atoms with E-state index in [1.807, 2.05) is 6.26 Å². The van der Waals surface area contributed by atoms with Gasteiger partial charge in [0.05, 0.1) is 6.54 Å². The molecule has 3 nitrogen and oxygen atoms in total. The molecule has 0 spiro atoms. The third-order valence-corrected chi connectivity index (χ3v) is 3.99. The van der Waals surface area contributed by atoms with Gasteiger partial charge in [-0.3, -0.25) is 9.69 Å². The number of halogens is 1. The average Bonchev–Trinajstić information content (AvgIpc) is 2.66. The van der Waals surface area contributed by atoms with Crippen molar-refractivity contribution in [3.8, 4) is 0 Å². The van der Waals surface area contributed by atoms with Crippen molar-refractivity contribution in [3.63, 3.8) is 0 Å². The highest BCUT2D eigenvalue weighted by molar-refractivity contribution is 7.98. The van der Waals surface area contributed by atoms with Gasteiger partial charge < -0.3 is 5.32 Å². The number of carbonyl (C=O) groups excluding carboxylic acids is 1. The van der Waals surface area contributed by atoms with E-state index in [2.05, 4.69) is 5.32 Å². The molecule has 1 amide bonds. The van der Waals surface area contributed by atoms with Crippen molar-refractivity contribution in [2.75, 3.05) is 12.0 Å². The van der Waals surface area contributed by atoms with E-state index in [-0.39, 0.29) is 24.3 Å². The number of benzene rings is 1. The second-order valence-corrected chi connectivity index (χ2v) is 5.67. The molecule has 2 rings (SSSR count). The van der Waals surface area contributed by atoms with Crippen LogP contribution in [0.1, 0.15) is 12.0 Å². The molecule has 0 unspecified atom stereocenters. The van der Waals surface area contributed by atoms with Crippen LogP contribution in [0.2, 0.25) is 0 Å². The lowest BCUT2D eigenvalue weighted by molar-refractivity contribution is -0.127. The molecule has 1 atom stereocenters. The number of rotatable bonds is 5. The fraction of sp³-hybridized carbons (Fsp3) is 0.385. The van der Waals surface area contributed by atoms with Crippen LogP contribution >= 0.6 is 24.0 Å². The minimum absolute atomic E-state index is 0.0673. The third-order valence-electron chi connectivity index (χ3n) is 3.00. The summed E-state index contributed by atoms with van der Waals surface area (Å²) in [5.74, 6) is 0.507. The number of thiocarbonyl (C=S) groups is 1. The lowest BCUT2D eigenvalue weighted by Crippen LogP contribution is -2.31. The predicted molar refractivity (Wildman–Crippen MR) is 79.5 cm³/mol. The largest absolute Gasteiger partial charge is 0.350 e. The Morgan fingerprint density at radius 1 is 1.47 bits per heavy atom. The van der Waals surface area contributed by atoms with E-state index in [0.29, 0.717) is 10.7 Å². The van der Waals surface area contributed by atoms with Crippen LogP contribution in [0.5, 0.6) is 0 Å². The quantitative estimate of drug-likeness (QED) is 0.845. The van der Waals surface area contributed by atoms with Crippen LogP contribution in [0.4, 0.5) is 4.39 Å². The number of amides is 1. The van der Waals surface area contributed by atoms with Crippen LogP contribution in [0.25, 0.3) is 0 Å². The number of carbonyl (C=O) groups is 1. The molecule has 1 aromatic carbocycles. The van der Waals surface area contributed by atoms with Crippen LogP contribution < -0.4 is 5.32 Å². The first kappa shape index (κ1) is 14.3. The summed E-state index contributed by atoms with van der Waals surface area (Å²) in [7, 11) is 0. The zero-order valence-electron chi connectivity index (χ0n) is 10.6. The Balaban J connectivity index is 2.07. The number of nitrogens with zero attached hydrogens (tertiary/aromatic N) is 1. The van der Waals surface area contributed by atoms with Gasteiger partial charge in [0.15, 0.2) is 5.11 Å².